The minimum atomic E-state index is -0.110. The van der Waals surface area contributed by atoms with Crippen molar-refractivity contribution in [1.82, 2.24) is 4.90 Å². The second-order valence-electron chi connectivity index (χ2n) is 3.36. The van der Waals surface area contributed by atoms with Gasteiger partial charge in [0, 0.05) is 25.3 Å². The summed E-state index contributed by atoms with van der Waals surface area (Å²) in [5, 5.41) is 7.47. The predicted octanol–water partition coefficient (Wildman–Crippen LogP) is 0.576. The Morgan fingerprint density at radius 1 is 1.35 bits per heavy atom. The van der Waals surface area contributed by atoms with Crippen molar-refractivity contribution in [3.8, 4) is 0 Å². The molecule has 98 valence electrons. The summed E-state index contributed by atoms with van der Waals surface area (Å²) >= 11 is 1.24. The van der Waals surface area contributed by atoms with Crippen molar-refractivity contribution < 1.29 is 4.79 Å². The number of nitrogens with zero attached hydrogens (tertiary/aromatic N) is 2. The van der Waals surface area contributed by atoms with E-state index < -0.39 is 0 Å². The topological polar surface area (TPSA) is 109 Å². The molecular weight excluding hydrogens is 238 g/mol. The molecule has 17 heavy (non-hydrogen) atoms. The average Bonchev–Trinajstić information content (AvgIpc) is 2.25. The fourth-order valence-corrected chi connectivity index (χ4v) is 1.93. The summed E-state index contributed by atoms with van der Waals surface area (Å²) in [7, 11) is 0. The van der Waals surface area contributed by atoms with E-state index in [1.807, 2.05) is 13.8 Å². The van der Waals surface area contributed by atoms with Gasteiger partial charge in [-0.05, 0) is 20.3 Å². The van der Waals surface area contributed by atoms with Crippen LogP contribution in [0.5, 0.6) is 0 Å². The van der Waals surface area contributed by atoms with Gasteiger partial charge in [0.1, 0.15) is 0 Å². The zero-order valence-electron chi connectivity index (χ0n) is 10.4. The molecule has 0 unspecified atom stereocenters. The summed E-state index contributed by atoms with van der Waals surface area (Å²) in [6.07, 6.45) is 1.23. The Balaban J connectivity index is 3.75. The number of thioether (sulfide) groups is 1. The number of aliphatic imine (C=N–C) groups is 1. The van der Waals surface area contributed by atoms with E-state index in [9.17, 15) is 4.79 Å². The number of amidine groups is 1. The van der Waals surface area contributed by atoms with E-state index >= 15 is 0 Å². The predicted molar refractivity (Wildman–Crippen MR) is 73.2 cm³/mol. The maximum absolute atomic E-state index is 11.6. The van der Waals surface area contributed by atoms with Gasteiger partial charge in [-0.1, -0.05) is 11.8 Å². The lowest BCUT2D eigenvalue weighted by Crippen LogP contribution is -2.30. The number of carbonyl (C=O) groups excluding carboxylic acids is 1. The molecule has 0 bridgehead atoms. The molecule has 0 spiro atoms. The number of hydrogen-bond donors (Lipinski definition) is 3. The zero-order chi connectivity index (χ0) is 13.3. The first-order valence-electron chi connectivity index (χ1n) is 5.60. The van der Waals surface area contributed by atoms with Crippen LogP contribution >= 0.6 is 11.8 Å². The van der Waals surface area contributed by atoms with E-state index in [-0.39, 0.29) is 17.0 Å². The first-order valence-corrected chi connectivity index (χ1v) is 6.58. The molecule has 0 radical (unpaired) electrons. The fraction of sp³-hybridized carbons (Fsp3) is 0.700. The van der Waals surface area contributed by atoms with Crippen molar-refractivity contribution in [3.63, 3.8) is 0 Å². The third-order valence-electron chi connectivity index (χ3n) is 2.12. The lowest BCUT2D eigenvalue weighted by molar-refractivity contribution is -0.130. The second kappa shape index (κ2) is 8.86. The lowest BCUT2D eigenvalue weighted by Gasteiger charge is -2.18. The molecule has 0 heterocycles. The van der Waals surface area contributed by atoms with Crippen LogP contribution in [0.2, 0.25) is 0 Å². The van der Waals surface area contributed by atoms with Crippen molar-refractivity contribution in [2.45, 2.75) is 26.7 Å². The van der Waals surface area contributed by atoms with Crippen LogP contribution in [-0.2, 0) is 4.79 Å². The van der Waals surface area contributed by atoms with Gasteiger partial charge in [-0.25, -0.2) is 0 Å². The van der Waals surface area contributed by atoms with Crippen molar-refractivity contribution in [3.05, 3.63) is 0 Å². The molecular formula is C10H21N5OS. The molecule has 5 N–H and O–H groups in total. The molecule has 0 aromatic carbocycles. The molecule has 0 aliphatic carbocycles. The van der Waals surface area contributed by atoms with Crippen molar-refractivity contribution in [1.29, 1.82) is 5.41 Å². The highest BCUT2D eigenvalue weighted by atomic mass is 32.2. The van der Waals surface area contributed by atoms with Crippen LogP contribution < -0.4 is 11.5 Å². The zero-order valence-corrected chi connectivity index (χ0v) is 11.2. The number of nitrogens with two attached hydrogens (primary N) is 2. The SMILES string of the molecule is CCN(CC)C(=O)CCCSC(=N)N=C(N)N. The summed E-state index contributed by atoms with van der Waals surface area (Å²) in [4.78, 5) is 17.0. The molecule has 0 saturated carbocycles. The van der Waals surface area contributed by atoms with Gasteiger partial charge in [-0.2, -0.15) is 4.99 Å². The van der Waals surface area contributed by atoms with Gasteiger partial charge in [0.25, 0.3) is 0 Å². The quantitative estimate of drug-likeness (QED) is 0.368. The highest BCUT2D eigenvalue weighted by molar-refractivity contribution is 8.13. The van der Waals surface area contributed by atoms with Crippen molar-refractivity contribution >= 4 is 28.8 Å². The normalized spacial score (nSPS) is 9.76. The van der Waals surface area contributed by atoms with Gasteiger partial charge >= 0.3 is 0 Å². The average molecular weight is 259 g/mol. The molecule has 0 atom stereocenters. The van der Waals surface area contributed by atoms with Crippen LogP contribution in [0.4, 0.5) is 0 Å². The molecule has 7 heteroatoms. The van der Waals surface area contributed by atoms with Crippen LogP contribution in [0.1, 0.15) is 26.7 Å². The van der Waals surface area contributed by atoms with E-state index in [1.54, 1.807) is 4.90 Å². The highest BCUT2D eigenvalue weighted by Crippen LogP contribution is 2.08. The molecule has 6 nitrogen and oxygen atoms in total. The van der Waals surface area contributed by atoms with Gasteiger partial charge in [-0.15, -0.1) is 0 Å². The van der Waals surface area contributed by atoms with Gasteiger partial charge in [0.2, 0.25) is 5.91 Å². The molecule has 0 aromatic heterocycles. The van der Waals surface area contributed by atoms with Crippen molar-refractivity contribution in [2.75, 3.05) is 18.8 Å². The van der Waals surface area contributed by atoms with Crippen LogP contribution in [0.15, 0.2) is 4.99 Å². The fourth-order valence-electron chi connectivity index (χ4n) is 1.28. The van der Waals surface area contributed by atoms with E-state index in [1.165, 1.54) is 11.8 Å². The summed E-state index contributed by atoms with van der Waals surface area (Å²) < 4.78 is 0. The smallest absolute Gasteiger partial charge is 0.222 e. The van der Waals surface area contributed by atoms with Gasteiger partial charge in [0.15, 0.2) is 11.1 Å². The summed E-state index contributed by atoms with van der Waals surface area (Å²) in [6, 6.07) is 0. The molecule has 0 fully saturated rings. The Morgan fingerprint density at radius 2 is 1.94 bits per heavy atom. The van der Waals surface area contributed by atoms with Crippen LogP contribution in [0, 0.1) is 5.41 Å². The molecule has 0 saturated heterocycles. The van der Waals surface area contributed by atoms with Gasteiger partial charge in [-0.3, -0.25) is 10.2 Å². The maximum Gasteiger partial charge on any atom is 0.222 e. The number of amides is 1. The molecule has 0 aromatic rings. The minimum absolute atomic E-state index is 0.0836. The van der Waals surface area contributed by atoms with E-state index in [0.717, 1.165) is 19.5 Å². The van der Waals surface area contributed by atoms with E-state index in [0.29, 0.717) is 12.2 Å². The molecule has 0 aliphatic heterocycles. The summed E-state index contributed by atoms with van der Waals surface area (Å²) in [6.45, 7) is 5.41. The number of carbonyl (C=O) groups is 1. The summed E-state index contributed by atoms with van der Waals surface area (Å²) in [5.41, 5.74) is 10.3. The number of rotatable bonds is 6. The third kappa shape index (κ3) is 7.62. The standard InChI is InChI=1S/C10H21N5OS/c1-3-15(4-2)8(16)6-5-7-17-10(13)14-9(11)12/h3-7H2,1-2H3,(H5,11,12,13,14). The van der Waals surface area contributed by atoms with E-state index in [4.69, 9.17) is 16.9 Å². The Kier molecular flexibility index (Phi) is 8.21. The monoisotopic (exact) mass is 259 g/mol. The lowest BCUT2D eigenvalue weighted by atomic mass is 10.3. The molecule has 0 aliphatic rings. The first-order chi connectivity index (χ1) is 8.01. The van der Waals surface area contributed by atoms with E-state index in [2.05, 4.69) is 4.99 Å². The Labute approximate surface area is 106 Å². The van der Waals surface area contributed by atoms with Gasteiger partial charge < -0.3 is 16.4 Å². The van der Waals surface area contributed by atoms with Crippen LogP contribution in [-0.4, -0.2) is 40.8 Å². The summed E-state index contributed by atoms with van der Waals surface area (Å²) in [5.74, 6) is 0.716. The molecule has 0 rings (SSSR count). The van der Waals surface area contributed by atoms with Crippen LogP contribution in [0.3, 0.4) is 0 Å². The molecule has 1 amide bonds. The third-order valence-corrected chi connectivity index (χ3v) is 2.98. The highest BCUT2D eigenvalue weighted by Gasteiger charge is 2.08. The Bertz CT molecular complexity index is 284. The first kappa shape index (κ1) is 15.8. The largest absolute Gasteiger partial charge is 0.370 e. The minimum Gasteiger partial charge on any atom is -0.370 e. The number of nitrogens with one attached hydrogen (secondary N) is 1. The number of guanidine groups is 1. The van der Waals surface area contributed by atoms with Crippen molar-refractivity contribution in [2.24, 2.45) is 16.5 Å². The second-order valence-corrected chi connectivity index (χ2v) is 4.44. The van der Waals surface area contributed by atoms with Crippen LogP contribution in [0.25, 0.3) is 0 Å². The Hall–Kier alpha value is -1.24. The number of hydrogen-bond acceptors (Lipinski definition) is 3. The maximum atomic E-state index is 11.6. The van der Waals surface area contributed by atoms with Gasteiger partial charge in [0.05, 0.1) is 0 Å². The Morgan fingerprint density at radius 3 is 2.41 bits per heavy atom.